The van der Waals surface area contributed by atoms with Crippen molar-refractivity contribution < 1.29 is 13.5 Å². The van der Waals surface area contributed by atoms with Crippen LogP contribution in [-0.2, 0) is 0 Å². The molecule has 0 radical (unpaired) electrons. The number of hydrogen-bond donors (Lipinski definition) is 1. The fourth-order valence-corrected chi connectivity index (χ4v) is 3.40. The number of nitrogens with zero attached hydrogens (tertiary/aromatic N) is 1. The highest BCUT2D eigenvalue weighted by Gasteiger charge is 2.27. The van der Waals surface area contributed by atoms with Gasteiger partial charge in [0.15, 0.2) is 0 Å². The quantitative estimate of drug-likeness (QED) is 0.913. The molecule has 1 saturated heterocycles. The van der Waals surface area contributed by atoms with Gasteiger partial charge in [-0.15, -0.1) is 0 Å². The minimum atomic E-state index is -2.32. The summed E-state index contributed by atoms with van der Waals surface area (Å²) >= 11 is 0. The summed E-state index contributed by atoms with van der Waals surface area (Å²) in [5.74, 6) is 0.778. The summed E-state index contributed by atoms with van der Waals surface area (Å²) in [4.78, 5) is 2.16. The molecule has 0 amide bonds. The maximum atomic E-state index is 13.2. The van der Waals surface area contributed by atoms with Crippen LogP contribution in [0.2, 0.25) is 0 Å². The molecule has 3 nitrogen and oxygen atoms in total. The Balaban J connectivity index is 2.06. The summed E-state index contributed by atoms with van der Waals surface area (Å²) in [5.41, 5.74) is 0.962. The zero-order chi connectivity index (χ0) is 16.2. The molecule has 1 aliphatic rings. The Bertz CT molecular complexity index is 657. The zero-order valence-corrected chi connectivity index (χ0v) is 13.3. The van der Waals surface area contributed by atoms with E-state index in [9.17, 15) is 8.78 Å². The minimum Gasteiger partial charge on any atom is -0.496 e. The number of methoxy groups -OCH3 is 1. The highest BCUT2D eigenvalue weighted by atomic mass is 19.3. The third-order valence-corrected chi connectivity index (χ3v) is 4.49. The maximum absolute atomic E-state index is 13.2. The summed E-state index contributed by atoms with van der Waals surface area (Å²) < 4.78 is 31.8. The van der Waals surface area contributed by atoms with Crippen LogP contribution >= 0.6 is 0 Å². The topological polar surface area (TPSA) is 24.5 Å². The molecule has 0 bridgehead atoms. The molecule has 1 fully saturated rings. The van der Waals surface area contributed by atoms with E-state index >= 15 is 0 Å². The first-order valence-corrected chi connectivity index (χ1v) is 7.99. The molecule has 1 heterocycles. The summed E-state index contributed by atoms with van der Waals surface area (Å²) in [6, 6.07) is 11.4. The van der Waals surface area contributed by atoms with Crippen LogP contribution in [0.3, 0.4) is 0 Å². The number of ether oxygens (including phenoxy) is 1. The molecule has 5 heteroatoms. The Hall–Kier alpha value is -1.72. The summed E-state index contributed by atoms with van der Waals surface area (Å²) in [7, 11) is 1.63. The number of fused-ring (bicyclic) bond motifs is 1. The van der Waals surface area contributed by atoms with Crippen LogP contribution in [0.15, 0.2) is 36.4 Å². The lowest BCUT2D eigenvalue weighted by molar-refractivity contribution is 0.0744. The third-order valence-electron chi connectivity index (χ3n) is 4.49. The first kappa shape index (κ1) is 16.1. The smallest absolute Gasteiger partial charge is 0.240 e. The SMILES string of the molecule is COc1ccc([C@@H](CC(F)F)N2CCNCC2)c2ccccc12. The Morgan fingerprint density at radius 3 is 2.43 bits per heavy atom. The second-order valence-corrected chi connectivity index (χ2v) is 5.83. The number of halogens is 2. The molecule has 1 atom stereocenters. The fraction of sp³-hybridized carbons (Fsp3) is 0.444. The Kier molecular flexibility index (Phi) is 5.08. The fourth-order valence-electron chi connectivity index (χ4n) is 3.40. The first-order valence-electron chi connectivity index (χ1n) is 7.99. The van der Waals surface area contributed by atoms with Crippen LogP contribution in [0.25, 0.3) is 10.8 Å². The van der Waals surface area contributed by atoms with Gasteiger partial charge in [-0.25, -0.2) is 8.78 Å². The predicted octanol–water partition coefficient (Wildman–Crippen LogP) is 3.45. The number of alkyl halides is 2. The van der Waals surface area contributed by atoms with Gasteiger partial charge in [0.2, 0.25) is 6.43 Å². The first-order chi connectivity index (χ1) is 11.2. The molecular weight excluding hydrogens is 298 g/mol. The third kappa shape index (κ3) is 3.46. The van der Waals surface area contributed by atoms with Crippen molar-refractivity contribution in [3.63, 3.8) is 0 Å². The van der Waals surface area contributed by atoms with E-state index in [1.54, 1.807) is 7.11 Å². The predicted molar refractivity (Wildman–Crippen MR) is 88.3 cm³/mol. The molecule has 2 aromatic rings. The average molecular weight is 320 g/mol. The van der Waals surface area contributed by atoms with Gasteiger partial charge in [0, 0.05) is 44.0 Å². The number of hydrogen-bond acceptors (Lipinski definition) is 3. The molecule has 1 aliphatic heterocycles. The minimum absolute atomic E-state index is 0.143. The number of piperazine rings is 1. The number of nitrogens with one attached hydrogen (secondary N) is 1. The van der Waals surface area contributed by atoms with E-state index in [0.717, 1.165) is 48.3 Å². The highest BCUT2D eigenvalue weighted by Crippen LogP contribution is 2.36. The van der Waals surface area contributed by atoms with Crippen LogP contribution in [0.4, 0.5) is 8.78 Å². The van der Waals surface area contributed by atoms with E-state index in [-0.39, 0.29) is 12.5 Å². The highest BCUT2D eigenvalue weighted by molar-refractivity contribution is 5.91. The van der Waals surface area contributed by atoms with E-state index in [4.69, 9.17) is 4.74 Å². The second-order valence-electron chi connectivity index (χ2n) is 5.83. The normalized spacial score (nSPS) is 17.6. The summed E-state index contributed by atoms with van der Waals surface area (Å²) in [6.07, 6.45) is -2.47. The molecule has 124 valence electrons. The monoisotopic (exact) mass is 320 g/mol. The zero-order valence-electron chi connectivity index (χ0n) is 13.3. The standard InChI is InChI=1S/C18H22F2N2O/c1-23-17-7-6-14(13-4-2-3-5-15(13)17)16(12-18(19)20)22-10-8-21-9-11-22/h2-7,16,18,21H,8-12H2,1H3/t16-/m1/s1. The lowest BCUT2D eigenvalue weighted by Crippen LogP contribution is -2.45. The summed E-state index contributed by atoms with van der Waals surface area (Å²) in [6.45, 7) is 3.26. The number of rotatable bonds is 5. The van der Waals surface area contributed by atoms with Gasteiger partial charge in [0.25, 0.3) is 0 Å². The maximum Gasteiger partial charge on any atom is 0.240 e. The van der Waals surface area contributed by atoms with Gasteiger partial charge in [-0.05, 0) is 17.0 Å². The van der Waals surface area contributed by atoms with Crippen molar-refractivity contribution in [3.05, 3.63) is 42.0 Å². The van der Waals surface area contributed by atoms with Crippen LogP contribution < -0.4 is 10.1 Å². The molecule has 1 N–H and O–H groups in total. The van der Waals surface area contributed by atoms with E-state index in [0.29, 0.717) is 0 Å². The van der Waals surface area contributed by atoms with Crippen molar-refractivity contribution in [2.75, 3.05) is 33.3 Å². The van der Waals surface area contributed by atoms with E-state index in [2.05, 4.69) is 10.2 Å². The van der Waals surface area contributed by atoms with Crippen molar-refractivity contribution in [2.45, 2.75) is 18.9 Å². The molecule has 3 rings (SSSR count). The van der Waals surface area contributed by atoms with Crippen LogP contribution in [0.5, 0.6) is 5.75 Å². The van der Waals surface area contributed by atoms with Crippen LogP contribution in [0, 0.1) is 0 Å². The van der Waals surface area contributed by atoms with Crippen LogP contribution in [0.1, 0.15) is 18.0 Å². The Morgan fingerprint density at radius 1 is 1.09 bits per heavy atom. The molecule has 0 unspecified atom stereocenters. The van der Waals surface area contributed by atoms with Crippen molar-refractivity contribution in [1.82, 2.24) is 10.2 Å². The molecule has 0 aliphatic carbocycles. The van der Waals surface area contributed by atoms with Gasteiger partial charge in [-0.2, -0.15) is 0 Å². The van der Waals surface area contributed by atoms with Gasteiger partial charge >= 0.3 is 0 Å². The van der Waals surface area contributed by atoms with E-state index < -0.39 is 6.43 Å². The molecule has 23 heavy (non-hydrogen) atoms. The van der Waals surface area contributed by atoms with Gasteiger partial charge in [0.1, 0.15) is 5.75 Å². The average Bonchev–Trinajstić information content (AvgIpc) is 2.59. The van der Waals surface area contributed by atoms with Crippen molar-refractivity contribution >= 4 is 10.8 Å². The molecule has 2 aromatic carbocycles. The molecule has 0 saturated carbocycles. The van der Waals surface area contributed by atoms with Gasteiger partial charge in [-0.3, -0.25) is 4.90 Å². The summed E-state index contributed by atoms with van der Waals surface area (Å²) in [5, 5.41) is 5.25. The molecular formula is C18H22F2N2O. The van der Waals surface area contributed by atoms with Gasteiger partial charge < -0.3 is 10.1 Å². The van der Waals surface area contributed by atoms with Crippen molar-refractivity contribution in [1.29, 1.82) is 0 Å². The lowest BCUT2D eigenvalue weighted by Gasteiger charge is -2.35. The molecule has 0 aromatic heterocycles. The molecule has 0 spiro atoms. The largest absolute Gasteiger partial charge is 0.496 e. The Labute approximate surface area is 135 Å². The van der Waals surface area contributed by atoms with E-state index in [1.807, 2.05) is 36.4 Å². The van der Waals surface area contributed by atoms with Crippen molar-refractivity contribution in [2.24, 2.45) is 0 Å². The Morgan fingerprint density at radius 2 is 1.78 bits per heavy atom. The van der Waals surface area contributed by atoms with E-state index in [1.165, 1.54) is 0 Å². The van der Waals surface area contributed by atoms with Crippen LogP contribution in [-0.4, -0.2) is 44.6 Å². The lowest BCUT2D eigenvalue weighted by atomic mass is 9.94. The van der Waals surface area contributed by atoms with Gasteiger partial charge in [0.05, 0.1) is 7.11 Å². The van der Waals surface area contributed by atoms with Crippen molar-refractivity contribution in [3.8, 4) is 5.75 Å². The number of benzene rings is 2. The second kappa shape index (κ2) is 7.23. The van der Waals surface area contributed by atoms with Gasteiger partial charge in [-0.1, -0.05) is 30.3 Å².